The summed E-state index contributed by atoms with van der Waals surface area (Å²) in [7, 11) is 1.81. The van der Waals surface area contributed by atoms with Gasteiger partial charge in [-0.05, 0) is 57.1 Å². The predicted octanol–water partition coefficient (Wildman–Crippen LogP) is 4.49. The van der Waals surface area contributed by atoms with Gasteiger partial charge in [0.05, 0.1) is 23.6 Å². The second-order valence-electron chi connectivity index (χ2n) is 9.89. The molecule has 0 unspecified atom stereocenters. The number of hydrogen-bond acceptors (Lipinski definition) is 8. The Kier molecular flexibility index (Phi) is 8.53. The summed E-state index contributed by atoms with van der Waals surface area (Å²) in [5, 5.41) is 8.12. The molecule has 0 bridgehead atoms. The first-order valence-corrected chi connectivity index (χ1v) is 14.3. The molecule has 2 aliphatic rings. The smallest absolute Gasteiger partial charge is 0.341 e. The summed E-state index contributed by atoms with van der Waals surface area (Å²) in [6, 6.07) is 0. The van der Waals surface area contributed by atoms with Gasteiger partial charge in [0.15, 0.2) is 5.17 Å². The van der Waals surface area contributed by atoms with Crippen LogP contribution in [0.4, 0.5) is 5.00 Å². The van der Waals surface area contributed by atoms with Crippen LogP contribution in [0.25, 0.3) is 6.08 Å². The molecule has 0 aromatic carbocycles. The van der Waals surface area contributed by atoms with Gasteiger partial charge in [-0.15, -0.1) is 11.3 Å². The SMILES string of the molecule is CC(C)CN1C(=O)/C(=C\c2cnn(C)c2)N=C1SCC(=O)Nc1sc2c(c1C(=O)OC(C)C)CCCC2. The van der Waals surface area contributed by atoms with Crippen molar-refractivity contribution in [3.8, 4) is 0 Å². The molecule has 2 aromatic heterocycles. The van der Waals surface area contributed by atoms with Crippen LogP contribution in [0.15, 0.2) is 23.1 Å². The van der Waals surface area contributed by atoms with Crippen LogP contribution < -0.4 is 5.32 Å². The van der Waals surface area contributed by atoms with Crippen molar-refractivity contribution in [1.29, 1.82) is 0 Å². The summed E-state index contributed by atoms with van der Waals surface area (Å²) in [4.78, 5) is 46.3. The van der Waals surface area contributed by atoms with Crippen molar-refractivity contribution in [2.45, 2.75) is 59.5 Å². The van der Waals surface area contributed by atoms with E-state index in [1.165, 1.54) is 23.1 Å². The third-order valence-electron chi connectivity index (χ3n) is 5.79. The summed E-state index contributed by atoms with van der Waals surface area (Å²) in [6.07, 6.45) is 8.75. The molecule has 1 aliphatic carbocycles. The summed E-state index contributed by atoms with van der Waals surface area (Å²) >= 11 is 2.68. The molecule has 198 valence electrons. The first-order valence-electron chi connectivity index (χ1n) is 12.5. The van der Waals surface area contributed by atoms with Gasteiger partial charge in [0, 0.05) is 30.2 Å². The standard InChI is InChI=1S/C26H33N5O4S2/c1-15(2)12-31-24(33)19(10-17-11-27-30(5)13-17)28-26(31)36-14-21(32)29-23-22(25(34)35-16(3)4)18-8-6-7-9-20(18)37-23/h10-11,13,15-16H,6-9,12,14H2,1-5H3,(H,29,32)/b19-10+. The zero-order chi connectivity index (χ0) is 26.7. The van der Waals surface area contributed by atoms with Crippen LogP contribution >= 0.6 is 23.1 Å². The fourth-order valence-corrected chi connectivity index (χ4v) is 6.38. The van der Waals surface area contributed by atoms with E-state index in [9.17, 15) is 14.4 Å². The fourth-order valence-electron chi connectivity index (χ4n) is 4.27. The number of carbonyl (C=O) groups is 3. The third-order valence-corrected chi connectivity index (χ3v) is 7.97. The maximum absolute atomic E-state index is 13.1. The second kappa shape index (κ2) is 11.6. The Morgan fingerprint density at radius 3 is 2.68 bits per heavy atom. The van der Waals surface area contributed by atoms with Gasteiger partial charge in [0.1, 0.15) is 10.7 Å². The number of nitrogens with zero attached hydrogens (tertiary/aromatic N) is 4. The maximum atomic E-state index is 13.1. The number of thioether (sulfide) groups is 1. The van der Waals surface area contributed by atoms with E-state index in [-0.39, 0.29) is 29.6 Å². The molecule has 37 heavy (non-hydrogen) atoms. The van der Waals surface area contributed by atoms with E-state index in [0.29, 0.717) is 28.0 Å². The van der Waals surface area contributed by atoms with Crippen LogP contribution in [0.2, 0.25) is 0 Å². The maximum Gasteiger partial charge on any atom is 0.341 e. The summed E-state index contributed by atoms with van der Waals surface area (Å²) in [5.74, 6) is -0.552. The molecule has 2 aromatic rings. The van der Waals surface area contributed by atoms with Gasteiger partial charge in [-0.2, -0.15) is 5.10 Å². The van der Waals surface area contributed by atoms with Gasteiger partial charge in [0.25, 0.3) is 5.91 Å². The number of thiophene rings is 1. The van der Waals surface area contributed by atoms with E-state index >= 15 is 0 Å². The highest BCUT2D eigenvalue weighted by molar-refractivity contribution is 8.14. The zero-order valence-corrected chi connectivity index (χ0v) is 23.5. The van der Waals surface area contributed by atoms with Crippen molar-refractivity contribution in [1.82, 2.24) is 14.7 Å². The van der Waals surface area contributed by atoms with Crippen LogP contribution in [0.1, 0.15) is 66.9 Å². The molecule has 3 heterocycles. The van der Waals surface area contributed by atoms with Gasteiger partial charge < -0.3 is 10.1 Å². The number of ether oxygens (including phenoxy) is 1. The second-order valence-corrected chi connectivity index (χ2v) is 11.9. The van der Waals surface area contributed by atoms with Crippen LogP contribution in [-0.4, -0.2) is 56.0 Å². The number of aliphatic imine (C=N–C) groups is 1. The minimum atomic E-state index is -0.392. The number of esters is 1. The lowest BCUT2D eigenvalue weighted by atomic mass is 9.95. The summed E-state index contributed by atoms with van der Waals surface area (Å²) in [6.45, 7) is 8.19. The van der Waals surface area contributed by atoms with E-state index < -0.39 is 5.97 Å². The van der Waals surface area contributed by atoms with Crippen LogP contribution in [0.3, 0.4) is 0 Å². The number of amidine groups is 1. The summed E-state index contributed by atoms with van der Waals surface area (Å²) < 4.78 is 7.15. The minimum absolute atomic E-state index is 0.0577. The zero-order valence-electron chi connectivity index (χ0n) is 21.9. The van der Waals surface area contributed by atoms with Crippen LogP contribution in [-0.2, 0) is 34.2 Å². The number of hydrogen-bond donors (Lipinski definition) is 1. The van der Waals surface area contributed by atoms with Gasteiger partial charge in [0.2, 0.25) is 5.91 Å². The van der Waals surface area contributed by atoms with Gasteiger partial charge in [-0.1, -0.05) is 25.6 Å². The Bertz CT molecular complexity index is 1260. The van der Waals surface area contributed by atoms with Crippen molar-refractivity contribution >= 4 is 57.1 Å². The number of nitrogens with one attached hydrogen (secondary N) is 1. The third kappa shape index (κ3) is 6.51. The highest BCUT2D eigenvalue weighted by Crippen LogP contribution is 2.39. The molecule has 0 atom stereocenters. The van der Waals surface area contributed by atoms with Crippen molar-refractivity contribution in [2.75, 3.05) is 17.6 Å². The number of fused-ring (bicyclic) bond motifs is 1. The molecule has 11 heteroatoms. The topological polar surface area (TPSA) is 106 Å². The lowest BCUT2D eigenvalue weighted by molar-refractivity contribution is -0.123. The van der Waals surface area contributed by atoms with Crippen LogP contribution in [0, 0.1) is 5.92 Å². The Labute approximate surface area is 225 Å². The molecule has 1 N–H and O–H groups in total. The van der Waals surface area contributed by atoms with Crippen molar-refractivity contribution in [2.24, 2.45) is 18.0 Å². The average Bonchev–Trinajstić information content (AvgIpc) is 3.48. The molecule has 0 saturated heterocycles. The molecular weight excluding hydrogens is 510 g/mol. The Balaban J connectivity index is 1.50. The summed E-state index contributed by atoms with van der Waals surface area (Å²) in [5.41, 5.74) is 2.60. The predicted molar refractivity (Wildman–Crippen MR) is 148 cm³/mol. The average molecular weight is 544 g/mol. The molecule has 0 radical (unpaired) electrons. The monoisotopic (exact) mass is 543 g/mol. The van der Waals surface area contributed by atoms with Gasteiger partial charge in [-0.3, -0.25) is 19.2 Å². The quantitative estimate of drug-likeness (QED) is 0.388. The molecule has 0 saturated carbocycles. The first-order chi connectivity index (χ1) is 17.6. The number of rotatable bonds is 8. The molecule has 2 amide bonds. The number of carbonyl (C=O) groups excluding carboxylic acids is 3. The van der Waals surface area contributed by atoms with Crippen molar-refractivity contribution < 1.29 is 19.1 Å². The van der Waals surface area contributed by atoms with E-state index in [1.54, 1.807) is 21.9 Å². The van der Waals surface area contributed by atoms with E-state index in [2.05, 4.69) is 15.4 Å². The first kappa shape index (κ1) is 27.1. The largest absolute Gasteiger partial charge is 0.459 e. The minimum Gasteiger partial charge on any atom is -0.459 e. The van der Waals surface area contributed by atoms with E-state index in [1.807, 2.05) is 40.9 Å². The highest BCUT2D eigenvalue weighted by atomic mass is 32.2. The fraction of sp³-hybridized carbons (Fsp3) is 0.500. The number of aryl methyl sites for hydroxylation is 2. The molecule has 0 fully saturated rings. The molecule has 4 rings (SSSR count). The highest BCUT2D eigenvalue weighted by Gasteiger charge is 2.32. The van der Waals surface area contributed by atoms with Crippen LogP contribution in [0.5, 0.6) is 0 Å². The number of aromatic nitrogens is 2. The van der Waals surface area contributed by atoms with Crippen molar-refractivity contribution in [3.05, 3.63) is 39.7 Å². The number of amides is 2. The van der Waals surface area contributed by atoms with Crippen molar-refractivity contribution in [3.63, 3.8) is 0 Å². The van der Waals surface area contributed by atoms with Gasteiger partial charge in [-0.25, -0.2) is 9.79 Å². The molecular formula is C26H33N5O4S2. The molecule has 9 nitrogen and oxygen atoms in total. The van der Waals surface area contributed by atoms with E-state index in [0.717, 1.165) is 41.7 Å². The van der Waals surface area contributed by atoms with E-state index in [4.69, 9.17) is 4.74 Å². The Morgan fingerprint density at radius 2 is 2.00 bits per heavy atom. The lowest BCUT2D eigenvalue weighted by Crippen LogP contribution is -2.34. The molecule has 0 spiro atoms. The Morgan fingerprint density at radius 1 is 1.24 bits per heavy atom. The normalized spacial score (nSPS) is 16.5. The molecule has 1 aliphatic heterocycles. The lowest BCUT2D eigenvalue weighted by Gasteiger charge is -2.19. The Hall–Kier alpha value is -2.92. The van der Waals surface area contributed by atoms with Gasteiger partial charge >= 0.3 is 5.97 Å². The number of anilines is 1.